The predicted molar refractivity (Wildman–Crippen MR) is 55.7 cm³/mol. The average Bonchev–Trinajstić information content (AvgIpc) is 2.27. The molecule has 0 heterocycles. The van der Waals surface area contributed by atoms with Crippen molar-refractivity contribution in [3.63, 3.8) is 0 Å². The molecule has 0 saturated heterocycles. The van der Waals surface area contributed by atoms with Crippen molar-refractivity contribution in [2.45, 2.75) is 11.5 Å². The van der Waals surface area contributed by atoms with E-state index in [0.29, 0.717) is 16.0 Å². The Labute approximate surface area is 92.5 Å². The van der Waals surface area contributed by atoms with E-state index >= 15 is 0 Å². The van der Waals surface area contributed by atoms with Crippen molar-refractivity contribution in [2.75, 3.05) is 7.11 Å². The molecule has 0 spiro atoms. The van der Waals surface area contributed by atoms with Gasteiger partial charge >= 0.3 is 5.97 Å². The zero-order chi connectivity index (χ0) is 11.4. The van der Waals surface area contributed by atoms with Crippen molar-refractivity contribution in [1.82, 2.24) is 0 Å². The maximum absolute atomic E-state index is 11.3. The van der Waals surface area contributed by atoms with E-state index in [9.17, 15) is 4.79 Å². The standard InChI is InChI=1S/C10H9NO3S/c1-14-10(13)8-3-9(15)6(4-11)2-7(8)5-12/h2-3,12,15H,5H2,1H3. The minimum absolute atomic E-state index is 0.226. The molecule has 0 bridgehead atoms. The van der Waals surface area contributed by atoms with Crippen molar-refractivity contribution in [3.8, 4) is 6.07 Å². The number of aliphatic hydroxyl groups is 1. The quantitative estimate of drug-likeness (QED) is 0.582. The van der Waals surface area contributed by atoms with Gasteiger partial charge in [-0.1, -0.05) is 0 Å². The molecule has 0 aromatic heterocycles. The fourth-order valence-electron chi connectivity index (χ4n) is 1.15. The second kappa shape index (κ2) is 4.82. The third-order valence-electron chi connectivity index (χ3n) is 1.92. The SMILES string of the molecule is COC(=O)c1cc(S)c(C#N)cc1CO. The summed E-state index contributed by atoms with van der Waals surface area (Å²) in [5.74, 6) is -0.557. The monoisotopic (exact) mass is 223 g/mol. The molecule has 1 rings (SSSR count). The number of carbonyl (C=O) groups excluding carboxylic acids is 1. The summed E-state index contributed by atoms with van der Waals surface area (Å²) in [6.07, 6.45) is 0. The van der Waals surface area contributed by atoms with Crippen LogP contribution in [0.1, 0.15) is 21.5 Å². The van der Waals surface area contributed by atoms with E-state index in [-0.39, 0.29) is 12.2 Å². The van der Waals surface area contributed by atoms with Gasteiger partial charge in [-0.2, -0.15) is 5.26 Å². The first-order chi connectivity index (χ1) is 7.13. The number of methoxy groups -OCH3 is 1. The lowest BCUT2D eigenvalue weighted by Gasteiger charge is -2.07. The molecular weight excluding hydrogens is 214 g/mol. The van der Waals surface area contributed by atoms with Gasteiger partial charge in [0.15, 0.2) is 0 Å². The summed E-state index contributed by atoms with van der Waals surface area (Å²) in [7, 11) is 1.25. The zero-order valence-electron chi connectivity index (χ0n) is 8.02. The van der Waals surface area contributed by atoms with Crippen LogP contribution in [0, 0.1) is 11.3 Å². The Morgan fingerprint density at radius 1 is 1.67 bits per heavy atom. The van der Waals surface area contributed by atoms with Crippen molar-refractivity contribution < 1.29 is 14.6 Å². The van der Waals surface area contributed by atoms with Crippen LogP contribution in [-0.4, -0.2) is 18.2 Å². The van der Waals surface area contributed by atoms with E-state index in [1.807, 2.05) is 6.07 Å². The van der Waals surface area contributed by atoms with Crippen molar-refractivity contribution in [3.05, 3.63) is 28.8 Å². The van der Waals surface area contributed by atoms with Gasteiger partial charge in [0.25, 0.3) is 0 Å². The van der Waals surface area contributed by atoms with Crippen LogP contribution in [0.3, 0.4) is 0 Å². The summed E-state index contributed by atoms with van der Waals surface area (Å²) in [4.78, 5) is 11.7. The highest BCUT2D eigenvalue weighted by molar-refractivity contribution is 7.80. The highest BCUT2D eigenvalue weighted by atomic mass is 32.1. The van der Waals surface area contributed by atoms with Crippen LogP contribution in [0.25, 0.3) is 0 Å². The topological polar surface area (TPSA) is 70.3 Å². The number of ether oxygens (including phenoxy) is 1. The van der Waals surface area contributed by atoms with Crippen LogP contribution in [0.15, 0.2) is 17.0 Å². The molecule has 1 aromatic rings. The number of nitrogens with zero attached hydrogens (tertiary/aromatic N) is 1. The van der Waals surface area contributed by atoms with E-state index in [1.54, 1.807) is 0 Å². The third-order valence-corrected chi connectivity index (χ3v) is 2.29. The highest BCUT2D eigenvalue weighted by Gasteiger charge is 2.14. The van der Waals surface area contributed by atoms with E-state index < -0.39 is 5.97 Å². The number of benzene rings is 1. The number of hydrogen-bond acceptors (Lipinski definition) is 5. The normalized spacial score (nSPS) is 9.47. The largest absolute Gasteiger partial charge is 0.465 e. The van der Waals surface area contributed by atoms with E-state index in [4.69, 9.17) is 10.4 Å². The Balaban J connectivity index is 3.35. The van der Waals surface area contributed by atoms with Crippen molar-refractivity contribution >= 4 is 18.6 Å². The Morgan fingerprint density at radius 3 is 2.80 bits per heavy atom. The van der Waals surface area contributed by atoms with Crippen LogP contribution in [-0.2, 0) is 11.3 Å². The van der Waals surface area contributed by atoms with Gasteiger partial charge in [-0.25, -0.2) is 4.79 Å². The van der Waals surface area contributed by atoms with Crippen molar-refractivity contribution in [1.29, 1.82) is 5.26 Å². The number of esters is 1. The maximum Gasteiger partial charge on any atom is 0.338 e. The lowest BCUT2D eigenvalue weighted by molar-refractivity contribution is 0.0597. The molecule has 15 heavy (non-hydrogen) atoms. The van der Waals surface area contributed by atoms with Gasteiger partial charge in [-0.15, -0.1) is 12.6 Å². The van der Waals surface area contributed by atoms with Gasteiger partial charge in [0, 0.05) is 4.90 Å². The fraction of sp³-hybridized carbons (Fsp3) is 0.200. The van der Waals surface area contributed by atoms with E-state index in [0.717, 1.165) is 0 Å². The Morgan fingerprint density at radius 2 is 2.33 bits per heavy atom. The van der Waals surface area contributed by atoms with Crippen LogP contribution in [0.5, 0.6) is 0 Å². The van der Waals surface area contributed by atoms with Gasteiger partial charge < -0.3 is 9.84 Å². The highest BCUT2D eigenvalue weighted by Crippen LogP contribution is 2.20. The molecule has 78 valence electrons. The smallest absolute Gasteiger partial charge is 0.338 e. The lowest BCUT2D eigenvalue weighted by atomic mass is 10.0. The molecule has 4 nitrogen and oxygen atoms in total. The summed E-state index contributed by atoms with van der Waals surface area (Å²) >= 11 is 4.06. The maximum atomic E-state index is 11.3. The summed E-state index contributed by atoms with van der Waals surface area (Å²) in [6.45, 7) is -0.326. The molecule has 0 aliphatic heterocycles. The Kier molecular flexibility index (Phi) is 3.72. The van der Waals surface area contributed by atoms with Gasteiger partial charge in [-0.05, 0) is 17.7 Å². The number of nitriles is 1. The molecule has 1 N–H and O–H groups in total. The molecule has 0 aliphatic carbocycles. The minimum Gasteiger partial charge on any atom is -0.465 e. The molecule has 0 saturated carbocycles. The number of rotatable bonds is 2. The zero-order valence-corrected chi connectivity index (χ0v) is 8.91. The molecular formula is C10H9NO3S. The van der Waals surface area contributed by atoms with Crippen LogP contribution < -0.4 is 0 Å². The molecule has 0 amide bonds. The lowest BCUT2D eigenvalue weighted by Crippen LogP contribution is -2.06. The van der Waals surface area contributed by atoms with Crippen LogP contribution >= 0.6 is 12.6 Å². The molecule has 0 atom stereocenters. The summed E-state index contributed by atoms with van der Waals surface area (Å²) in [5, 5.41) is 17.8. The molecule has 0 aliphatic rings. The van der Waals surface area contributed by atoms with Gasteiger partial charge in [0.2, 0.25) is 0 Å². The molecule has 5 heteroatoms. The molecule has 0 radical (unpaired) electrons. The minimum atomic E-state index is -0.557. The Hall–Kier alpha value is -1.51. The molecule has 0 fully saturated rings. The van der Waals surface area contributed by atoms with Crippen LogP contribution in [0.4, 0.5) is 0 Å². The third kappa shape index (κ3) is 2.29. The second-order valence-corrected chi connectivity index (χ2v) is 3.27. The summed E-state index contributed by atoms with van der Waals surface area (Å²) in [5.41, 5.74) is 0.898. The molecule has 0 unspecified atom stereocenters. The number of hydrogen-bond donors (Lipinski definition) is 2. The van der Waals surface area contributed by atoms with Gasteiger partial charge in [0.1, 0.15) is 6.07 Å². The predicted octanol–water partition coefficient (Wildman–Crippen LogP) is 1.13. The first-order valence-corrected chi connectivity index (χ1v) is 4.54. The van der Waals surface area contributed by atoms with E-state index in [1.165, 1.54) is 19.2 Å². The number of thiol groups is 1. The Bertz CT molecular complexity index is 437. The van der Waals surface area contributed by atoms with Crippen LogP contribution in [0.2, 0.25) is 0 Å². The number of carbonyl (C=O) groups is 1. The van der Waals surface area contributed by atoms with E-state index in [2.05, 4.69) is 17.4 Å². The summed E-state index contributed by atoms with van der Waals surface area (Å²) < 4.78 is 4.54. The second-order valence-electron chi connectivity index (χ2n) is 2.79. The molecule has 1 aromatic carbocycles. The average molecular weight is 223 g/mol. The fourth-order valence-corrected chi connectivity index (χ4v) is 1.40. The summed E-state index contributed by atoms with van der Waals surface area (Å²) in [6, 6.07) is 4.76. The van der Waals surface area contributed by atoms with Gasteiger partial charge in [-0.3, -0.25) is 0 Å². The number of aliphatic hydroxyl groups excluding tert-OH is 1. The van der Waals surface area contributed by atoms with Gasteiger partial charge in [0.05, 0.1) is 24.8 Å². The van der Waals surface area contributed by atoms with Crippen molar-refractivity contribution in [2.24, 2.45) is 0 Å². The first kappa shape index (κ1) is 11.6. The first-order valence-electron chi connectivity index (χ1n) is 4.09.